The Bertz CT molecular complexity index is 573. The molecule has 108 valence electrons. The Hall–Kier alpha value is -1.47. The molecular formula is C13H19N5OS. The van der Waals surface area contributed by atoms with Crippen molar-refractivity contribution in [2.24, 2.45) is 0 Å². The minimum Gasteiger partial charge on any atom is -0.424 e. The van der Waals surface area contributed by atoms with Gasteiger partial charge in [-0.1, -0.05) is 0 Å². The highest BCUT2D eigenvalue weighted by atomic mass is 32.1. The van der Waals surface area contributed by atoms with E-state index in [4.69, 9.17) is 4.42 Å². The van der Waals surface area contributed by atoms with Crippen LogP contribution < -0.4 is 4.90 Å². The molecule has 1 aliphatic heterocycles. The summed E-state index contributed by atoms with van der Waals surface area (Å²) in [6, 6.07) is 0.177. The molecule has 1 atom stereocenters. The zero-order chi connectivity index (χ0) is 14.1. The van der Waals surface area contributed by atoms with Crippen LogP contribution in [0.25, 0.3) is 0 Å². The van der Waals surface area contributed by atoms with Crippen molar-refractivity contribution in [3.63, 3.8) is 0 Å². The van der Waals surface area contributed by atoms with Crippen LogP contribution in [0.1, 0.15) is 29.6 Å². The van der Waals surface area contributed by atoms with Crippen molar-refractivity contribution in [1.82, 2.24) is 20.1 Å². The van der Waals surface area contributed by atoms with Crippen LogP contribution in [0.15, 0.2) is 10.6 Å². The van der Waals surface area contributed by atoms with Crippen molar-refractivity contribution in [1.29, 1.82) is 0 Å². The molecule has 7 heteroatoms. The molecule has 0 saturated carbocycles. The fourth-order valence-electron chi connectivity index (χ4n) is 2.43. The van der Waals surface area contributed by atoms with E-state index >= 15 is 0 Å². The minimum atomic E-state index is 0.177. The number of nitrogens with zero attached hydrogens (tertiary/aromatic N) is 5. The summed E-state index contributed by atoms with van der Waals surface area (Å²) in [5, 5.41) is 9.15. The van der Waals surface area contributed by atoms with Gasteiger partial charge in [0.15, 0.2) is 5.13 Å². The van der Waals surface area contributed by atoms with Gasteiger partial charge in [-0.25, -0.2) is 4.98 Å². The Balaban J connectivity index is 1.61. The van der Waals surface area contributed by atoms with Gasteiger partial charge in [0.25, 0.3) is 0 Å². The lowest BCUT2D eigenvalue weighted by Crippen LogP contribution is -2.47. The zero-order valence-electron chi connectivity index (χ0n) is 12.0. The highest BCUT2D eigenvalue weighted by Gasteiger charge is 2.26. The molecule has 6 nitrogen and oxygen atoms in total. The molecule has 0 spiro atoms. The summed E-state index contributed by atoms with van der Waals surface area (Å²) in [6.45, 7) is 10.00. The maximum absolute atomic E-state index is 5.53. The smallest absolute Gasteiger partial charge is 0.233 e. The second-order valence-electron chi connectivity index (χ2n) is 5.11. The lowest BCUT2D eigenvalue weighted by Gasteiger charge is -2.36. The number of hydrogen-bond donors (Lipinski definition) is 0. The van der Waals surface area contributed by atoms with Crippen molar-refractivity contribution in [2.45, 2.75) is 26.8 Å². The van der Waals surface area contributed by atoms with Crippen LogP contribution in [0.5, 0.6) is 0 Å². The quantitative estimate of drug-likeness (QED) is 0.863. The summed E-state index contributed by atoms with van der Waals surface area (Å²) in [5.74, 6) is 1.34. The Morgan fingerprint density at radius 3 is 2.50 bits per heavy atom. The molecule has 0 aliphatic carbocycles. The van der Waals surface area contributed by atoms with E-state index in [1.165, 1.54) is 4.88 Å². The monoisotopic (exact) mass is 293 g/mol. The largest absolute Gasteiger partial charge is 0.424 e. The van der Waals surface area contributed by atoms with E-state index in [-0.39, 0.29) is 6.04 Å². The normalized spacial score (nSPS) is 18.4. The third-order valence-corrected chi connectivity index (χ3v) is 4.61. The highest BCUT2D eigenvalue weighted by molar-refractivity contribution is 7.15. The second-order valence-corrected chi connectivity index (χ2v) is 6.33. The van der Waals surface area contributed by atoms with E-state index < -0.39 is 0 Å². The topological polar surface area (TPSA) is 58.3 Å². The van der Waals surface area contributed by atoms with Crippen LogP contribution in [0.3, 0.4) is 0 Å². The van der Waals surface area contributed by atoms with E-state index in [2.05, 4.69) is 38.8 Å². The predicted molar refractivity (Wildman–Crippen MR) is 78.1 cm³/mol. The SMILES string of the molecule is Cc1nnc(C(C)N2CCN(c3ncc(C)s3)CC2)o1. The predicted octanol–water partition coefficient (Wildman–Crippen LogP) is 2.03. The molecule has 0 radical (unpaired) electrons. The summed E-state index contributed by atoms with van der Waals surface area (Å²) < 4.78 is 5.53. The van der Waals surface area contributed by atoms with E-state index in [0.29, 0.717) is 11.8 Å². The lowest BCUT2D eigenvalue weighted by molar-refractivity contribution is 0.172. The van der Waals surface area contributed by atoms with Crippen LogP contribution in [-0.4, -0.2) is 46.3 Å². The van der Waals surface area contributed by atoms with E-state index in [1.54, 1.807) is 11.3 Å². The number of aryl methyl sites for hydroxylation is 2. The van der Waals surface area contributed by atoms with Gasteiger partial charge in [-0.2, -0.15) is 0 Å². The number of rotatable bonds is 3. The van der Waals surface area contributed by atoms with Crippen molar-refractivity contribution in [2.75, 3.05) is 31.1 Å². The molecule has 0 N–H and O–H groups in total. The molecule has 0 aromatic carbocycles. The molecule has 2 aromatic rings. The average molecular weight is 293 g/mol. The first-order chi connectivity index (χ1) is 9.63. The zero-order valence-corrected chi connectivity index (χ0v) is 12.9. The average Bonchev–Trinajstić information content (AvgIpc) is 3.07. The summed E-state index contributed by atoms with van der Waals surface area (Å²) in [7, 11) is 0. The molecule has 3 heterocycles. The first-order valence-electron chi connectivity index (χ1n) is 6.85. The van der Waals surface area contributed by atoms with Gasteiger partial charge in [-0.15, -0.1) is 21.5 Å². The molecule has 0 bridgehead atoms. The highest BCUT2D eigenvalue weighted by Crippen LogP contribution is 2.25. The van der Waals surface area contributed by atoms with Crippen LogP contribution in [0, 0.1) is 13.8 Å². The minimum absolute atomic E-state index is 0.177. The first kappa shape index (κ1) is 13.5. The van der Waals surface area contributed by atoms with Gasteiger partial charge in [-0.3, -0.25) is 4.90 Å². The van der Waals surface area contributed by atoms with Gasteiger partial charge >= 0.3 is 0 Å². The van der Waals surface area contributed by atoms with Crippen LogP contribution >= 0.6 is 11.3 Å². The summed E-state index contributed by atoms with van der Waals surface area (Å²) in [4.78, 5) is 10.4. The Labute approximate surface area is 122 Å². The maximum Gasteiger partial charge on any atom is 0.233 e. The summed E-state index contributed by atoms with van der Waals surface area (Å²) in [5.41, 5.74) is 0. The third kappa shape index (κ3) is 2.69. The summed E-state index contributed by atoms with van der Waals surface area (Å²) >= 11 is 1.76. The van der Waals surface area contributed by atoms with Gasteiger partial charge in [0.1, 0.15) is 0 Å². The molecule has 1 saturated heterocycles. The van der Waals surface area contributed by atoms with E-state index in [9.17, 15) is 0 Å². The molecule has 1 unspecified atom stereocenters. The number of anilines is 1. The molecular weight excluding hydrogens is 274 g/mol. The van der Waals surface area contributed by atoms with Crippen molar-refractivity contribution in [3.05, 3.63) is 22.9 Å². The van der Waals surface area contributed by atoms with Crippen LogP contribution in [0.2, 0.25) is 0 Å². The van der Waals surface area contributed by atoms with Crippen molar-refractivity contribution >= 4 is 16.5 Å². The van der Waals surface area contributed by atoms with Crippen molar-refractivity contribution in [3.8, 4) is 0 Å². The Kier molecular flexibility index (Phi) is 3.71. The Morgan fingerprint density at radius 2 is 1.95 bits per heavy atom. The summed E-state index contributed by atoms with van der Waals surface area (Å²) in [6.07, 6.45) is 1.94. The van der Waals surface area contributed by atoms with Gasteiger partial charge in [-0.05, 0) is 13.8 Å². The molecule has 3 rings (SSSR count). The van der Waals surface area contributed by atoms with Gasteiger partial charge in [0.2, 0.25) is 11.8 Å². The van der Waals surface area contributed by atoms with Gasteiger partial charge in [0.05, 0.1) is 6.04 Å². The van der Waals surface area contributed by atoms with Gasteiger partial charge < -0.3 is 9.32 Å². The molecule has 0 amide bonds. The molecule has 1 aliphatic rings. The lowest BCUT2D eigenvalue weighted by atomic mass is 10.2. The fraction of sp³-hybridized carbons (Fsp3) is 0.615. The molecule has 2 aromatic heterocycles. The van der Waals surface area contributed by atoms with E-state index in [0.717, 1.165) is 31.3 Å². The molecule has 20 heavy (non-hydrogen) atoms. The maximum atomic E-state index is 5.53. The van der Waals surface area contributed by atoms with E-state index in [1.807, 2.05) is 13.1 Å². The number of piperazine rings is 1. The second kappa shape index (κ2) is 5.49. The fourth-order valence-corrected chi connectivity index (χ4v) is 3.24. The first-order valence-corrected chi connectivity index (χ1v) is 7.66. The standard InChI is InChI=1S/C13H19N5OS/c1-9-8-14-13(20-9)18-6-4-17(5-7-18)10(2)12-16-15-11(3)19-12/h8,10H,4-7H2,1-3H3. The number of thiazole rings is 1. The third-order valence-electron chi connectivity index (χ3n) is 3.64. The van der Waals surface area contributed by atoms with Gasteiger partial charge in [0, 0.05) is 44.2 Å². The van der Waals surface area contributed by atoms with Crippen molar-refractivity contribution < 1.29 is 4.42 Å². The number of hydrogen-bond acceptors (Lipinski definition) is 7. The van der Waals surface area contributed by atoms with Crippen LogP contribution in [0.4, 0.5) is 5.13 Å². The number of aromatic nitrogens is 3. The van der Waals surface area contributed by atoms with Crippen LogP contribution in [-0.2, 0) is 0 Å². The molecule has 1 fully saturated rings. The Morgan fingerprint density at radius 1 is 1.20 bits per heavy atom.